The lowest BCUT2D eigenvalue weighted by molar-refractivity contribution is 0.365. The van der Waals surface area contributed by atoms with Gasteiger partial charge in [-0.25, -0.2) is 0 Å². The number of rotatable bonds is 8. The van der Waals surface area contributed by atoms with Crippen molar-refractivity contribution in [1.82, 2.24) is 0 Å². The summed E-state index contributed by atoms with van der Waals surface area (Å²) >= 11 is 5.65. The van der Waals surface area contributed by atoms with Crippen molar-refractivity contribution in [1.29, 1.82) is 0 Å². The second-order valence-electron chi connectivity index (χ2n) is 3.92. The van der Waals surface area contributed by atoms with Gasteiger partial charge in [0.1, 0.15) is 0 Å². The van der Waals surface area contributed by atoms with Crippen LogP contribution in [-0.2, 0) is 4.74 Å². The van der Waals surface area contributed by atoms with E-state index in [9.17, 15) is 0 Å². The van der Waals surface area contributed by atoms with Gasteiger partial charge in [-0.15, -0.1) is 11.6 Å². The SMILES string of the molecule is CCCCCCCCC1OC1CCl. The van der Waals surface area contributed by atoms with Crippen molar-refractivity contribution in [3.05, 3.63) is 0 Å². The second-order valence-corrected chi connectivity index (χ2v) is 4.23. The Morgan fingerprint density at radius 2 is 1.69 bits per heavy atom. The summed E-state index contributed by atoms with van der Waals surface area (Å²) < 4.78 is 5.36. The lowest BCUT2D eigenvalue weighted by Crippen LogP contribution is -1.94. The van der Waals surface area contributed by atoms with Gasteiger partial charge >= 0.3 is 0 Å². The molecule has 0 aromatic carbocycles. The van der Waals surface area contributed by atoms with Gasteiger partial charge in [-0.2, -0.15) is 0 Å². The predicted molar refractivity (Wildman–Crippen MR) is 57.4 cm³/mol. The Morgan fingerprint density at radius 1 is 1.00 bits per heavy atom. The normalized spacial score (nSPS) is 26.3. The van der Waals surface area contributed by atoms with E-state index in [4.69, 9.17) is 16.3 Å². The van der Waals surface area contributed by atoms with Crippen LogP contribution in [0.1, 0.15) is 51.9 Å². The number of alkyl halides is 1. The quantitative estimate of drug-likeness (QED) is 0.333. The number of halogens is 1. The maximum atomic E-state index is 5.65. The fraction of sp³-hybridized carbons (Fsp3) is 1.00. The van der Waals surface area contributed by atoms with E-state index in [0.717, 1.165) is 0 Å². The summed E-state index contributed by atoms with van der Waals surface area (Å²) in [6.07, 6.45) is 10.3. The van der Waals surface area contributed by atoms with Gasteiger partial charge in [-0.05, 0) is 6.42 Å². The molecule has 1 nitrogen and oxygen atoms in total. The highest BCUT2D eigenvalue weighted by Crippen LogP contribution is 2.28. The lowest BCUT2D eigenvalue weighted by atomic mass is 10.1. The van der Waals surface area contributed by atoms with Crippen molar-refractivity contribution in [3.8, 4) is 0 Å². The molecule has 0 radical (unpaired) electrons. The zero-order valence-corrected chi connectivity index (χ0v) is 9.35. The summed E-state index contributed by atoms with van der Waals surface area (Å²) in [5, 5.41) is 0. The van der Waals surface area contributed by atoms with E-state index in [0.29, 0.717) is 18.1 Å². The minimum absolute atomic E-state index is 0.386. The lowest BCUT2D eigenvalue weighted by Gasteiger charge is -1.98. The van der Waals surface area contributed by atoms with E-state index >= 15 is 0 Å². The maximum Gasteiger partial charge on any atom is 0.0976 e. The average Bonchev–Trinajstić information content (AvgIpc) is 2.90. The van der Waals surface area contributed by atoms with Crippen LogP contribution < -0.4 is 0 Å². The van der Waals surface area contributed by atoms with Gasteiger partial charge in [0.2, 0.25) is 0 Å². The molecule has 0 aromatic rings. The molecule has 1 heterocycles. The molecule has 0 aliphatic carbocycles. The van der Waals surface area contributed by atoms with Crippen molar-refractivity contribution in [3.63, 3.8) is 0 Å². The molecule has 0 amide bonds. The monoisotopic (exact) mass is 204 g/mol. The van der Waals surface area contributed by atoms with Gasteiger partial charge in [0.05, 0.1) is 18.1 Å². The molecule has 0 spiro atoms. The van der Waals surface area contributed by atoms with Crippen LogP contribution in [0.3, 0.4) is 0 Å². The first-order valence-electron chi connectivity index (χ1n) is 5.60. The summed E-state index contributed by atoms with van der Waals surface area (Å²) in [5.74, 6) is 0.681. The molecule has 0 N–H and O–H groups in total. The second kappa shape index (κ2) is 6.67. The van der Waals surface area contributed by atoms with E-state index in [1.165, 1.54) is 44.9 Å². The third-order valence-electron chi connectivity index (χ3n) is 2.68. The molecule has 1 aliphatic rings. The molecule has 2 heteroatoms. The first-order valence-corrected chi connectivity index (χ1v) is 6.13. The molecule has 0 aromatic heterocycles. The summed E-state index contributed by atoms with van der Waals surface area (Å²) in [7, 11) is 0. The van der Waals surface area contributed by atoms with Crippen molar-refractivity contribution in [2.24, 2.45) is 0 Å². The molecular weight excluding hydrogens is 184 g/mol. The highest BCUT2D eigenvalue weighted by Gasteiger charge is 2.36. The minimum atomic E-state index is 0.386. The Balaban J connectivity index is 1.75. The Labute approximate surface area is 86.8 Å². The maximum absolute atomic E-state index is 5.65. The van der Waals surface area contributed by atoms with Crippen molar-refractivity contribution >= 4 is 11.6 Å². The molecule has 13 heavy (non-hydrogen) atoms. The first kappa shape index (κ1) is 11.3. The Bertz CT molecular complexity index is 127. The summed E-state index contributed by atoms with van der Waals surface area (Å²) in [6.45, 7) is 2.25. The topological polar surface area (TPSA) is 12.5 Å². The fourth-order valence-electron chi connectivity index (χ4n) is 1.69. The van der Waals surface area contributed by atoms with Crippen LogP contribution in [0.5, 0.6) is 0 Å². The van der Waals surface area contributed by atoms with Gasteiger partial charge in [-0.1, -0.05) is 45.4 Å². The van der Waals surface area contributed by atoms with Crippen LogP contribution in [0.2, 0.25) is 0 Å². The Hall–Kier alpha value is 0.250. The van der Waals surface area contributed by atoms with E-state index in [-0.39, 0.29) is 0 Å². The average molecular weight is 205 g/mol. The third kappa shape index (κ3) is 4.87. The van der Waals surface area contributed by atoms with Crippen LogP contribution in [-0.4, -0.2) is 18.1 Å². The Kier molecular flexibility index (Phi) is 5.81. The zero-order chi connectivity index (χ0) is 9.52. The smallest absolute Gasteiger partial charge is 0.0976 e. The van der Waals surface area contributed by atoms with E-state index in [1.54, 1.807) is 0 Å². The molecular formula is C11H21ClO. The van der Waals surface area contributed by atoms with E-state index < -0.39 is 0 Å². The number of epoxide rings is 1. The van der Waals surface area contributed by atoms with E-state index in [1.807, 2.05) is 0 Å². The van der Waals surface area contributed by atoms with Crippen LogP contribution in [0.15, 0.2) is 0 Å². The van der Waals surface area contributed by atoms with Gasteiger partial charge in [0, 0.05) is 0 Å². The van der Waals surface area contributed by atoms with Crippen LogP contribution in [0.25, 0.3) is 0 Å². The summed E-state index contributed by atoms with van der Waals surface area (Å²) in [6, 6.07) is 0. The molecule has 1 fully saturated rings. The fourth-order valence-corrected chi connectivity index (χ4v) is 1.97. The van der Waals surface area contributed by atoms with Gasteiger partial charge in [0.25, 0.3) is 0 Å². The highest BCUT2D eigenvalue weighted by atomic mass is 35.5. The molecule has 2 atom stereocenters. The summed E-state index contributed by atoms with van der Waals surface area (Å²) in [4.78, 5) is 0. The van der Waals surface area contributed by atoms with Crippen molar-refractivity contribution in [2.75, 3.05) is 5.88 Å². The zero-order valence-electron chi connectivity index (χ0n) is 8.60. The first-order chi connectivity index (χ1) is 6.38. The van der Waals surface area contributed by atoms with Crippen LogP contribution >= 0.6 is 11.6 Å². The van der Waals surface area contributed by atoms with Crippen LogP contribution in [0, 0.1) is 0 Å². The van der Waals surface area contributed by atoms with Crippen molar-refractivity contribution < 1.29 is 4.74 Å². The van der Waals surface area contributed by atoms with Crippen LogP contribution in [0.4, 0.5) is 0 Å². The molecule has 1 aliphatic heterocycles. The van der Waals surface area contributed by atoms with Gasteiger partial charge in [0.15, 0.2) is 0 Å². The predicted octanol–water partition coefficient (Wildman–Crippen LogP) is 3.74. The molecule has 0 bridgehead atoms. The van der Waals surface area contributed by atoms with Gasteiger partial charge < -0.3 is 4.74 Å². The minimum Gasteiger partial charge on any atom is -0.368 e. The molecule has 78 valence electrons. The number of hydrogen-bond donors (Lipinski definition) is 0. The molecule has 1 saturated heterocycles. The largest absolute Gasteiger partial charge is 0.368 e. The molecule has 0 saturated carbocycles. The standard InChI is InChI=1S/C11H21ClO/c1-2-3-4-5-6-7-8-10-11(9-12)13-10/h10-11H,2-9H2,1H3. The third-order valence-corrected chi connectivity index (χ3v) is 2.99. The summed E-state index contributed by atoms with van der Waals surface area (Å²) in [5.41, 5.74) is 0. The number of hydrogen-bond acceptors (Lipinski definition) is 1. The van der Waals surface area contributed by atoms with Crippen molar-refractivity contribution in [2.45, 2.75) is 64.1 Å². The van der Waals surface area contributed by atoms with Gasteiger partial charge in [-0.3, -0.25) is 0 Å². The number of unbranched alkanes of at least 4 members (excludes halogenated alkanes) is 5. The molecule has 2 unspecified atom stereocenters. The molecule has 1 rings (SSSR count). The highest BCUT2D eigenvalue weighted by molar-refractivity contribution is 6.18. The Morgan fingerprint density at radius 3 is 2.31 bits per heavy atom. The number of ether oxygens (including phenoxy) is 1. The van der Waals surface area contributed by atoms with E-state index in [2.05, 4.69) is 6.92 Å².